The van der Waals surface area contributed by atoms with Crippen molar-refractivity contribution in [1.29, 1.82) is 0 Å². The SMILES string of the molecule is CC(C)(C)c1ccc(N2B3c4cc(N(c5ccc(C(C)(C)C)cc5)c5ccc(C(C)(C)C)cc5)ccc4N(c4ccc(C(C)(C)C)cc4-c4ccccc4)c4c3c(cc3c4C(C)(C)c4ccccc4-3)-c3cc4ccccc4cc32)cc1. The minimum absolute atomic E-state index is 0.00896. The Labute approximate surface area is 483 Å². The molecule has 0 N–H and O–H groups in total. The summed E-state index contributed by atoms with van der Waals surface area (Å²) in [4.78, 5) is 7.91. The third kappa shape index (κ3) is 8.63. The molecule has 3 nitrogen and oxygen atoms in total. The Morgan fingerprint density at radius 1 is 0.383 bits per heavy atom. The van der Waals surface area contributed by atoms with Gasteiger partial charge in [0.05, 0.1) is 5.69 Å². The number of nitrogens with zero attached hydrogens (tertiary/aromatic N) is 3. The van der Waals surface area contributed by atoms with Crippen LogP contribution in [0.1, 0.15) is 130 Å². The molecule has 0 bridgehead atoms. The van der Waals surface area contributed by atoms with Crippen LogP contribution in [0.4, 0.5) is 45.5 Å². The number of hydrogen-bond acceptors (Lipinski definition) is 3. The molecule has 0 saturated heterocycles. The van der Waals surface area contributed by atoms with E-state index in [1.807, 2.05) is 0 Å². The quantitative estimate of drug-likeness (QED) is 0.154. The van der Waals surface area contributed by atoms with Crippen molar-refractivity contribution in [3.63, 3.8) is 0 Å². The molecule has 2 aliphatic heterocycles. The van der Waals surface area contributed by atoms with Crippen LogP contribution in [0.2, 0.25) is 0 Å². The molecule has 13 rings (SSSR count). The maximum absolute atomic E-state index is 2.71. The fraction of sp³-hybridized carbons (Fsp3) is 0.247. The lowest BCUT2D eigenvalue weighted by atomic mass is 9.42. The lowest BCUT2D eigenvalue weighted by Gasteiger charge is -2.48. The number of anilines is 8. The second-order valence-corrected chi connectivity index (χ2v) is 27.9. The van der Waals surface area contributed by atoms with E-state index in [1.165, 1.54) is 117 Å². The van der Waals surface area contributed by atoms with Crippen LogP contribution in [0, 0.1) is 0 Å². The smallest absolute Gasteiger partial charge is 0.333 e. The minimum atomic E-state index is -0.340. The van der Waals surface area contributed by atoms with Gasteiger partial charge < -0.3 is 14.6 Å². The largest absolute Gasteiger partial charge is 0.376 e. The molecule has 0 amide bonds. The van der Waals surface area contributed by atoms with Gasteiger partial charge in [-0.1, -0.05) is 218 Å². The first-order valence-corrected chi connectivity index (χ1v) is 29.4. The molecule has 3 aliphatic rings. The molecule has 2 heterocycles. The summed E-state index contributed by atoms with van der Waals surface area (Å²) in [6.45, 7) is 32.5. The Kier molecular flexibility index (Phi) is 11.9. The topological polar surface area (TPSA) is 9.72 Å². The van der Waals surface area contributed by atoms with Crippen molar-refractivity contribution < 1.29 is 0 Å². The van der Waals surface area contributed by atoms with Crippen LogP contribution < -0.4 is 25.5 Å². The molecule has 1 aliphatic carbocycles. The third-order valence-electron chi connectivity index (χ3n) is 18.0. The highest BCUT2D eigenvalue weighted by Crippen LogP contribution is 2.59. The molecule has 0 atom stereocenters. The average Bonchev–Trinajstić information content (AvgIpc) is 2.37. The Bertz CT molecular complexity index is 4040. The number of hydrogen-bond donors (Lipinski definition) is 0. The standard InChI is InChI=1S/C77H76BN3/c1-73(2,3)52-28-35-56(36-29-52)79(57-37-30-53(31-38-57)74(4,5)6)59-41-43-68-66(47-59)78-71-64(62-44-50-24-18-19-25-51(50)45-69(62)81(78)58-39-32-54(33-40-58)75(7,8)9)48-63-60-26-20-21-27-65(60)77(13,14)70(63)72(71)80(68)67-42-34-55(76(10,11)12)46-61(67)49-22-16-15-17-23-49/h15-48H,1-14H3. The highest BCUT2D eigenvalue weighted by Gasteiger charge is 2.51. The molecule has 0 aromatic heterocycles. The van der Waals surface area contributed by atoms with Gasteiger partial charge >= 0.3 is 6.85 Å². The molecular formula is C77H76BN3. The summed E-state index contributed by atoms with van der Waals surface area (Å²) in [5.74, 6) is 0. The fourth-order valence-corrected chi connectivity index (χ4v) is 13.5. The van der Waals surface area contributed by atoms with E-state index in [4.69, 9.17) is 0 Å². The first kappa shape index (κ1) is 52.3. The van der Waals surface area contributed by atoms with Crippen molar-refractivity contribution in [1.82, 2.24) is 0 Å². The lowest BCUT2D eigenvalue weighted by Crippen LogP contribution is -2.62. The molecule has 0 spiro atoms. The summed E-state index contributed by atoms with van der Waals surface area (Å²) in [6.07, 6.45) is 0. The molecular weight excluding hydrogens is 978 g/mol. The molecule has 0 unspecified atom stereocenters. The monoisotopic (exact) mass is 1050 g/mol. The number of benzene rings is 10. The Balaban J connectivity index is 1.19. The first-order valence-electron chi connectivity index (χ1n) is 29.4. The predicted molar refractivity (Wildman–Crippen MR) is 350 cm³/mol. The van der Waals surface area contributed by atoms with Crippen LogP contribution in [0.15, 0.2) is 206 Å². The van der Waals surface area contributed by atoms with Crippen LogP contribution in [0.5, 0.6) is 0 Å². The highest BCUT2D eigenvalue weighted by molar-refractivity contribution is 6.93. The summed E-state index contributed by atoms with van der Waals surface area (Å²) in [5, 5.41) is 2.46. The van der Waals surface area contributed by atoms with Gasteiger partial charge in [-0.05, 0) is 184 Å². The summed E-state index contributed by atoms with van der Waals surface area (Å²) < 4.78 is 0. The van der Waals surface area contributed by atoms with E-state index < -0.39 is 0 Å². The van der Waals surface area contributed by atoms with Gasteiger partial charge in [0.25, 0.3) is 0 Å². The second kappa shape index (κ2) is 18.5. The molecule has 81 heavy (non-hydrogen) atoms. The molecule has 0 saturated carbocycles. The summed E-state index contributed by atoms with van der Waals surface area (Å²) in [6, 6.07) is 79.7. The molecule has 0 fully saturated rings. The summed E-state index contributed by atoms with van der Waals surface area (Å²) in [5.41, 5.74) is 27.1. The van der Waals surface area contributed by atoms with Gasteiger partial charge in [0.2, 0.25) is 0 Å². The maximum atomic E-state index is 2.71. The first-order chi connectivity index (χ1) is 38.5. The normalized spacial score (nSPS) is 14.3. The maximum Gasteiger partial charge on any atom is 0.333 e. The van der Waals surface area contributed by atoms with Gasteiger partial charge in [0.15, 0.2) is 0 Å². The summed E-state index contributed by atoms with van der Waals surface area (Å²) >= 11 is 0. The van der Waals surface area contributed by atoms with Crippen LogP contribution in [-0.2, 0) is 27.1 Å². The average molecular weight is 1050 g/mol. The lowest BCUT2D eigenvalue weighted by molar-refractivity contribution is 0.590. The van der Waals surface area contributed by atoms with Crippen molar-refractivity contribution in [2.24, 2.45) is 0 Å². The Morgan fingerprint density at radius 3 is 1.48 bits per heavy atom. The highest BCUT2D eigenvalue weighted by atomic mass is 15.2. The van der Waals surface area contributed by atoms with Gasteiger partial charge in [0.1, 0.15) is 0 Å². The number of rotatable bonds is 6. The van der Waals surface area contributed by atoms with E-state index in [1.54, 1.807) is 0 Å². The van der Waals surface area contributed by atoms with E-state index in [9.17, 15) is 0 Å². The molecule has 10 aromatic carbocycles. The van der Waals surface area contributed by atoms with Crippen LogP contribution in [0.25, 0.3) is 44.2 Å². The predicted octanol–water partition coefficient (Wildman–Crippen LogP) is 20.2. The minimum Gasteiger partial charge on any atom is -0.376 e. The zero-order valence-corrected chi connectivity index (χ0v) is 50.0. The van der Waals surface area contributed by atoms with Crippen LogP contribution in [0.3, 0.4) is 0 Å². The fourth-order valence-electron chi connectivity index (χ4n) is 13.5. The zero-order valence-electron chi connectivity index (χ0n) is 50.0. The van der Waals surface area contributed by atoms with E-state index in [2.05, 4.69) is 318 Å². The summed E-state index contributed by atoms with van der Waals surface area (Å²) in [7, 11) is 0. The van der Waals surface area contributed by atoms with Gasteiger partial charge in [-0.25, -0.2) is 0 Å². The second-order valence-electron chi connectivity index (χ2n) is 27.9. The van der Waals surface area contributed by atoms with Crippen molar-refractivity contribution in [3.8, 4) is 33.4 Å². The molecule has 4 heteroatoms. The number of fused-ring (bicyclic) bond motifs is 9. The Morgan fingerprint density at radius 2 is 0.889 bits per heavy atom. The van der Waals surface area contributed by atoms with E-state index in [0.717, 1.165) is 17.1 Å². The molecule has 0 radical (unpaired) electrons. The molecule has 402 valence electrons. The Hall–Kier alpha value is -8.08. The van der Waals surface area contributed by atoms with Crippen molar-refractivity contribution in [3.05, 3.63) is 240 Å². The van der Waals surface area contributed by atoms with Gasteiger partial charge in [0, 0.05) is 56.4 Å². The molecule has 10 aromatic rings. The zero-order chi connectivity index (χ0) is 56.7. The van der Waals surface area contributed by atoms with Crippen LogP contribution >= 0.6 is 0 Å². The van der Waals surface area contributed by atoms with Gasteiger partial charge in [-0.2, -0.15) is 0 Å². The van der Waals surface area contributed by atoms with Crippen LogP contribution in [-0.4, -0.2) is 6.85 Å². The van der Waals surface area contributed by atoms with Crippen molar-refractivity contribution in [2.75, 3.05) is 14.6 Å². The van der Waals surface area contributed by atoms with Gasteiger partial charge in [-0.15, -0.1) is 0 Å². The van der Waals surface area contributed by atoms with E-state index in [0.29, 0.717) is 0 Å². The van der Waals surface area contributed by atoms with Gasteiger partial charge in [-0.3, -0.25) is 0 Å². The van der Waals surface area contributed by atoms with Crippen molar-refractivity contribution in [2.45, 2.75) is 124 Å². The van der Waals surface area contributed by atoms with E-state index in [-0.39, 0.29) is 33.9 Å². The van der Waals surface area contributed by atoms with Crippen molar-refractivity contribution >= 4 is 74.0 Å². The van der Waals surface area contributed by atoms with E-state index >= 15 is 0 Å². The third-order valence-corrected chi connectivity index (χ3v) is 18.0.